The first-order chi connectivity index (χ1) is 7.29. The SMILES string of the molecule is CCCc1nsc(N2CCC[C@H](O)C2)n1. The second kappa shape index (κ2) is 4.90. The Labute approximate surface area is 94.1 Å². The number of hydrogen-bond donors (Lipinski definition) is 1. The summed E-state index contributed by atoms with van der Waals surface area (Å²) in [6, 6.07) is 0. The van der Waals surface area contributed by atoms with Gasteiger partial charge in [-0.15, -0.1) is 0 Å². The van der Waals surface area contributed by atoms with Crippen molar-refractivity contribution in [3.8, 4) is 0 Å². The molecule has 2 rings (SSSR count). The third kappa shape index (κ3) is 2.66. The van der Waals surface area contributed by atoms with Crippen molar-refractivity contribution in [2.24, 2.45) is 0 Å². The highest BCUT2D eigenvalue weighted by Crippen LogP contribution is 2.22. The number of aliphatic hydroxyl groups is 1. The number of aromatic nitrogens is 2. The third-order valence-electron chi connectivity index (χ3n) is 2.60. The molecule has 1 aromatic heterocycles. The van der Waals surface area contributed by atoms with Crippen LogP contribution >= 0.6 is 11.5 Å². The Morgan fingerprint density at radius 1 is 1.60 bits per heavy atom. The Hall–Kier alpha value is -0.680. The molecule has 4 nitrogen and oxygen atoms in total. The first-order valence-electron chi connectivity index (χ1n) is 5.55. The Morgan fingerprint density at radius 2 is 2.47 bits per heavy atom. The zero-order chi connectivity index (χ0) is 10.7. The minimum absolute atomic E-state index is 0.197. The molecule has 1 aliphatic rings. The molecule has 0 spiro atoms. The lowest BCUT2D eigenvalue weighted by Crippen LogP contribution is -2.38. The number of β-amino-alcohol motifs (C(OH)–C–C–N with tert-alkyl or cyclic N) is 1. The van der Waals surface area contributed by atoms with Crippen LogP contribution in [0.5, 0.6) is 0 Å². The second-order valence-electron chi connectivity index (χ2n) is 3.99. The lowest BCUT2D eigenvalue weighted by molar-refractivity contribution is 0.154. The highest BCUT2D eigenvalue weighted by Gasteiger charge is 2.20. The maximum atomic E-state index is 9.57. The zero-order valence-electron chi connectivity index (χ0n) is 9.02. The van der Waals surface area contributed by atoms with Gasteiger partial charge in [0, 0.05) is 31.0 Å². The van der Waals surface area contributed by atoms with E-state index in [1.54, 1.807) is 0 Å². The molecule has 0 bridgehead atoms. The van der Waals surface area contributed by atoms with Gasteiger partial charge in [-0.25, -0.2) is 4.98 Å². The molecule has 15 heavy (non-hydrogen) atoms. The van der Waals surface area contributed by atoms with Gasteiger partial charge in [-0.05, 0) is 19.3 Å². The van der Waals surface area contributed by atoms with Crippen LogP contribution in [-0.2, 0) is 6.42 Å². The van der Waals surface area contributed by atoms with Gasteiger partial charge in [-0.1, -0.05) is 6.92 Å². The van der Waals surface area contributed by atoms with Crippen molar-refractivity contribution in [2.75, 3.05) is 18.0 Å². The van der Waals surface area contributed by atoms with Gasteiger partial charge in [0.15, 0.2) is 0 Å². The topological polar surface area (TPSA) is 49.2 Å². The fraction of sp³-hybridized carbons (Fsp3) is 0.800. The molecule has 1 fully saturated rings. The van der Waals surface area contributed by atoms with E-state index in [0.717, 1.165) is 43.2 Å². The normalized spacial score (nSPS) is 22.0. The predicted molar refractivity (Wildman–Crippen MR) is 61.4 cm³/mol. The molecule has 1 atom stereocenters. The maximum absolute atomic E-state index is 9.57. The van der Waals surface area contributed by atoms with Crippen LogP contribution in [0.15, 0.2) is 0 Å². The van der Waals surface area contributed by atoms with Gasteiger partial charge in [-0.3, -0.25) is 0 Å². The first-order valence-corrected chi connectivity index (χ1v) is 6.32. The molecule has 1 N–H and O–H groups in total. The molecule has 0 aromatic carbocycles. The van der Waals surface area contributed by atoms with Crippen molar-refractivity contribution in [3.05, 3.63) is 5.82 Å². The van der Waals surface area contributed by atoms with Gasteiger partial charge in [0.2, 0.25) is 5.13 Å². The van der Waals surface area contributed by atoms with Crippen LogP contribution in [0.3, 0.4) is 0 Å². The van der Waals surface area contributed by atoms with Crippen LogP contribution < -0.4 is 4.90 Å². The largest absolute Gasteiger partial charge is 0.391 e. The highest BCUT2D eigenvalue weighted by atomic mass is 32.1. The Bertz CT molecular complexity index is 315. The summed E-state index contributed by atoms with van der Waals surface area (Å²) in [6.45, 7) is 3.84. The lowest BCUT2D eigenvalue weighted by atomic mass is 10.1. The highest BCUT2D eigenvalue weighted by molar-refractivity contribution is 7.09. The van der Waals surface area contributed by atoms with Gasteiger partial charge >= 0.3 is 0 Å². The van der Waals surface area contributed by atoms with E-state index in [4.69, 9.17) is 0 Å². The van der Waals surface area contributed by atoms with Crippen molar-refractivity contribution >= 4 is 16.7 Å². The molecule has 5 heteroatoms. The molecule has 0 amide bonds. The fourth-order valence-electron chi connectivity index (χ4n) is 1.83. The quantitative estimate of drug-likeness (QED) is 0.849. The number of nitrogens with zero attached hydrogens (tertiary/aromatic N) is 3. The summed E-state index contributed by atoms with van der Waals surface area (Å²) in [5, 5.41) is 10.5. The van der Waals surface area contributed by atoms with Gasteiger partial charge in [0.1, 0.15) is 5.82 Å². The molecule has 1 saturated heterocycles. The average molecular weight is 227 g/mol. The van der Waals surface area contributed by atoms with Crippen molar-refractivity contribution in [3.63, 3.8) is 0 Å². The van der Waals surface area contributed by atoms with Crippen LogP contribution in [0.1, 0.15) is 32.0 Å². The molecular formula is C10H17N3OS. The lowest BCUT2D eigenvalue weighted by Gasteiger charge is -2.29. The maximum Gasteiger partial charge on any atom is 0.205 e. The van der Waals surface area contributed by atoms with E-state index in [-0.39, 0.29) is 6.10 Å². The van der Waals surface area contributed by atoms with Crippen LogP contribution in [-0.4, -0.2) is 33.7 Å². The average Bonchev–Trinajstić information content (AvgIpc) is 2.67. The van der Waals surface area contributed by atoms with E-state index in [2.05, 4.69) is 21.2 Å². The van der Waals surface area contributed by atoms with Crippen LogP contribution in [0.25, 0.3) is 0 Å². The fourth-order valence-corrected chi connectivity index (χ4v) is 2.57. The standard InChI is InChI=1S/C10H17N3OS/c1-2-4-9-11-10(15-12-9)13-6-3-5-8(14)7-13/h8,14H,2-7H2,1H3/t8-/m0/s1. The summed E-state index contributed by atoms with van der Waals surface area (Å²) >= 11 is 1.45. The Kier molecular flexibility index (Phi) is 3.53. The van der Waals surface area contributed by atoms with E-state index in [1.165, 1.54) is 11.5 Å². The summed E-state index contributed by atoms with van der Waals surface area (Å²) in [4.78, 5) is 6.62. The van der Waals surface area contributed by atoms with Crippen molar-refractivity contribution < 1.29 is 5.11 Å². The molecule has 0 radical (unpaired) electrons. The van der Waals surface area contributed by atoms with Gasteiger partial charge in [0.25, 0.3) is 0 Å². The van der Waals surface area contributed by atoms with Crippen molar-refractivity contribution in [1.29, 1.82) is 0 Å². The van der Waals surface area contributed by atoms with E-state index in [0.29, 0.717) is 6.54 Å². The Morgan fingerprint density at radius 3 is 3.20 bits per heavy atom. The summed E-state index contributed by atoms with van der Waals surface area (Å²) in [5.41, 5.74) is 0. The van der Waals surface area contributed by atoms with Crippen LogP contribution in [0.4, 0.5) is 5.13 Å². The molecule has 0 saturated carbocycles. The van der Waals surface area contributed by atoms with Crippen molar-refractivity contribution in [1.82, 2.24) is 9.36 Å². The number of rotatable bonds is 3. The van der Waals surface area contributed by atoms with Gasteiger partial charge in [0.05, 0.1) is 6.10 Å². The van der Waals surface area contributed by atoms with E-state index >= 15 is 0 Å². The molecule has 84 valence electrons. The van der Waals surface area contributed by atoms with Crippen LogP contribution in [0.2, 0.25) is 0 Å². The molecule has 2 heterocycles. The molecule has 1 aromatic rings. The first kappa shape index (κ1) is 10.8. The van der Waals surface area contributed by atoms with E-state index in [9.17, 15) is 5.11 Å². The number of piperidine rings is 1. The summed E-state index contributed by atoms with van der Waals surface area (Å²) in [6.07, 6.45) is 3.80. The Balaban J connectivity index is 2.01. The predicted octanol–water partition coefficient (Wildman–Crippen LogP) is 1.45. The number of anilines is 1. The third-order valence-corrected chi connectivity index (χ3v) is 3.41. The van der Waals surface area contributed by atoms with E-state index < -0.39 is 0 Å². The summed E-state index contributed by atoms with van der Waals surface area (Å²) in [5.74, 6) is 0.942. The van der Waals surface area contributed by atoms with Crippen LogP contribution in [0, 0.1) is 0 Å². The van der Waals surface area contributed by atoms with Gasteiger partial charge < -0.3 is 10.0 Å². The monoisotopic (exact) mass is 227 g/mol. The van der Waals surface area contributed by atoms with Gasteiger partial charge in [-0.2, -0.15) is 4.37 Å². The zero-order valence-corrected chi connectivity index (χ0v) is 9.83. The molecule has 0 unspecified atom stereocenters. The summed E-state index contributed by atoms with van der Waals surface area (Å²) in [7, 11) is 0. The minimum atomic E-state index is -0.197. The minimum Gasteiger partial charge on any atom is -0.391 e. The number of aryl methyl sites for hydroxylation is 1. The number of aliphatic hydroxyl groups excluding tert-OH is 1. The summed E-state index contributed by atoms with van der Waals surface area (Å²) < 4.78 is 4.31. The second-order valence-corrected chi connectivity index (χ2v) is 4.72. The van der Waals surface area contributed by atoms with E-state index in [1.807, 2.05) is 0 Å². The molecular weight excluding hydrogens is 210 g/mol. The van der Waals surface area contributed by atoms with Crippen molar-refractivity contribution in [2.45, 2.75) is 38.7 Å². The number of hydrogen-bond acceptors (Lipinski definition) is 5. The molecule has 0 aliphatic carbocycles. The smallest absolute Gasteiger partial charge is 0.205 e. The molecule has 1 aliphatic heterocycles.